The SMILES string of the molecule is Cc1nn(-c2ccccc2)c(C)c1NC(=O)CSc1nnc(-c2ccc(OC(F)F)cc2)n1N. The number of aromatic nitrogens is 5. The number of hydrogen-bond donors (Lipinski definition) is 2. The summed E-state index contributed by atoms with van der Waals surface area (Å²) in [4.78, 5) is 12.6. The molecule has 0 aliphatic heterocycles. The Bertz CT molecular complexity index is 1290. The number of hydrogen-bond acceptors (Lipinski definition) is 7. The van der Waals surface area contributed by atoms with Gasteiger partial charge in [0.25, 0.3) is 0 Å². The fraction of sp³-hybridized carbons (Fsp3) is 0.182. The monoisotopic (exact) mass is 485 g/mol. The van der Waals surface area contributed by atoms with E-state index in [4.69, 9.17) is 5.84 Å². The van der Waals surface area contributed by atoms with Crippen LogP contribution in [0, 0.1) is 13.8 Å². The van der Waals surface area contributed by atoms with E-state index < -0.39 is 6.61 Å². The number of rotatable bonds is 8. The Kier molecular flexibility index (Phi) is 6.77. The van der Waals surface area contributed by atoms with E-state index in [2.05, 4.69) is 25.3 Å². The highest BCUT2D eigenvalue weighted by atomic mass is 32.2. The van der Waals surface area contributed by atoms with Crippen LogP contribution in [0.2, 0.25) is 0 Å². The molecular formula is C22H21F2N7O2S. The van der Waals surface area contributed by atoms with Crippen molar-refractivity contribution < 1.29 is 18.3 Å². The van der Waals surface area contributed by atoms with Gasteiger partial charge in [-0.15, -0.1) is 10.2 Å². The second-order valence-electron chi connectivity index (χ2n) is 7.21. The Morgan fingerprint density at radius 3 is 2.50 bits per heavy atom. The molecule has 4 aromatic rings. The minimum Gasteiger partial charge on any atom is -0.435 e. The molecule has 0 radical (unpaired) electrons. The second kappa shape index (κ2) is 9.91. The topological polar surface area (TPSA) is 113 Å². The molecule has 2 aromatic carbocycles. The summed E-state index contributed by atoms with van der Waals surface area (Å²) >= 11 is 1.12. The molecule has 0 unspecified atom stereocenters. The number of halogens is 2. The van der Waals surface area contributed by atoms with Crippen LogP contribution in [-0.2, 0) is 4.79 Å². The van der Waals surface area contributed by atoms with Gasteiger partial charge in [0.15, 0.2) is 5.82 Å². The largest absolute Gasteiger partial charge is 0.435 e. The van der Waals surface area contributed by atoms with Crippen LogP contribution in [0.1, 0.15) is 11.4 Å². The Labute approximate surface area is 197 Å². The normalized spacial score (nSPS) is 11.1. The van der Waals surface area contributed by atoms with Gasteiger partial charge in [-0.2, -0.15) is 13.9 Å². The standard InChI is InChI=1S/C22H21F2N7O2S/c1-13-19(14(2)31(29-13)16-6-4-3-5-7-16)26-18(32)12-34-22-28-27-20(30(22)25)15-8-10-17(11-9-15)33-21(23)24/h3-11,21H,12,25H2,1-2H3,(H,26,32). The third-order valence-electron chi connectivity index (χ3n) is 4.89. The van der Waals surface area contributed by atoms with E-state index in [1.807, 2.05) is 44.2 Å². The molecule has 9 nitrogen and oxygen atoms in total. The molecule has 34 heavy (non-hydrogen) atoms. The number of benzene rings is 2. The molecule has 0 spiro atoms. The van der Waals surface area contributed by atoms with Crippen molar-refractivity contribution in [3.8, 4) is 22.8 Å². The molecule has 0 atom stereocenters. The molecule has 2 aromatic heterocycles. The van der Waals surface area contributed by atoms with E-state index in [9.17, 15) is 13.6 Å². The van der Waals surface area contributed by atoms with Crippen LogP contribution in [0.4, 0.5) is 14.5 Å². The number of ether oxygens (including phenoxy) is 1. The van der Waals surface area contributed by atoms with Gasteiger partial charge in [-0.3, -0.25) is 4.79 Å². The zero-order valence-electron chi connectivity index (χ0n) is 18.3. The lowest BCUT2D eigenvalue weighted by atomic mass is 10.2. The second-order valence-corrected chi connectivity index (χ2v) is 8.15. The van der Waals surface area contributed by atoms with Crippen LogP contribution < -0.4 is 15.9 Å². The number of nitrogens with one attached hydrogen (secondary N) is 1. The highest BCUT2D eigenvalue weighted by Crippen LogP contribution is 2.26. The first-order valence-electron chi connectivity index (χ1n) is 10.1. The average Bonchev–Trinajstić information content (AvgIpc) is 3.32. The molecule has 2 heterocycles. The van der Waals surface area contributed by atoms with E-state index in [-0.39, 0.29) is 17.4 Å². The van der Waals surface area contributed by atoms with E-state index in [0.717, 1.165) is 23.1 Å². The van der Waals surface area contributed by atoms with Gasteiger partial charge in [0.1, 0.15) is 5.75 Å². The zero-order chi connectivity index (χ0) is 24.2. The number of carbonyl (C=O) groups excluding carboxylic acids is 1. The third kappa shape index (κ3) is 5.01. The van der Waals surface area contributed by atoms with Crippen molar-refractivity contribution in [2.75, 3.05) is 16.9 Å². The van der Waals surface area contributed by atoms with Gasteiger partial charge in [0, 0.05) is 5.56 Å². The Morgan fingerprint density at radius 1 is 1.12 bits per heavy atom. The Balaban J connectivity index is 1.41. The van der Waals surface area contributed by atoms with Crippen molar-refractivity contribution in [2.45, 2.75) is 25.6 Å². The number of alkyl halides is 2. The van der Waals surface area contributed by atoms with Gasteiger partial charge >= 0.3 is 6.61 Å². The lowest BCUT2D eigenvalue weighted by molar-refractivity contribution is -0.113. The van der Waals surface area contributed by atoms with Crippen LogP contribution in [0.25, 0.3) is 17.1 Å². The van der Waals surface area contributed by atoms with Crippen molar-refractivity contribution in [3.05, 3.63) is 66.0 Å². The number of nitrogen functional groups attached to an aromatic ring is 1. The minimum absolute atomic E-state index is 0.0225. The number of thioether (sulfide) groups is 1. The molecule has 0 fully saturated rings. The fourth-order valence-electron chi connectivity index (χ4n) is 3.31. The number of anilines is 1. The summed E-state index contributed by atoms with van der Waals surface area (Å²) in [6.07, 6.45) is 0. The third-order valence-corrected chi connectivity index (χ3v) is 5.83. The van der Waals surface area contributed by atoms with Gasteiger partial charge in [-0.25, -0.2) is 9.36 Å². The Hall–Kier alpha value is -3.93. The van der Waals surface area contributed by atoms with E-state index >= 15 is 0 Å². The van der Waals surface area contributed by atoms with Gasteiger partial charge < -0.3 is 15.9 Å². The maximum absolute atomic E-state index is 12.6. The van der Waals surface area contributed by atoms with Crippen molar-refractivity contribution in [1.29, 1.82) is 0 Å². The van der Waals surface area contributed by atoms with Crippen LogP contribution in [0.5, 0.6) is 5.75 Å². The maximum Gasteiger partial charge on any atom is 0.387 e. The summed E-state index contributed by atoms with van der Waals surface area (Å²) in [6.45, 7) is 0.810. The predicted octanol–water partition coefficient (Wildman–Crippen LogP) is 3.79. The summed E-state index contributed by atoms with van der Waals surface area (Å²) in [5.41, 5.74) is 3.62. The molecular weight excluding hydrogens is 464 g/mol. The van der Waals surface area contributed by atoms with Crippen LogP contribution in [-0.4, -0.2) is 42.9 Å². The quantitative estimate of drug-likeness (QED) is 0.288. The van der Waals surface area contributed by atoms with Crippen LogP contribution in [0.15, 0.2) is 59.8 Å². The molecule has 1 amide bonds. The lowest BCUT2D eigenvalue weighted by Gasteiger charge is -2.08. The van der Waals surface area contributed by atoms with Gasteiger partial charge in [-0.1, -0.05) is 30.0 Å². The van der Waals surface area contributed by atoms with Crippen molar-refractivity contribution in [2.24, 2.45) is 0 Å². The first-order valence-corrected chi connectivity index (χ1v) is 11.1. The van der Waals surface area contributed by atoms with Crippen LogP contribution in [0.3, 0.4) is 0 Å². The van der Waals surface area contributed by atoms with Gasteiger partial charge in [0.2, 0.25) is 11.1 Å². The molecule has 4 rings (SSSR count). The first kappa shape index (κ1) is 23.2. The molecule has 0 saturated carbocycles. The van der Waals surface area contributed by atoms with E-state index in [1.54, 1.807) is 16.8 Å². The predicted molar refractivity (Wildman–Crippen MR) is 125 cm³/mol. The molecule has 0 aliphatic rings. The summed E-state index contributed by atoms with van der Waals surface area (Å²) in [5.74, 6) is 6.23. The molecule has 0 saturated heterocycles. The molecule has 0 aliphatic carbocycles. The number of nitrogens with zero attached hydrogens (tertiary/aromatic N) is 5. The number of amides is 1. The summed E-state index contributed by atoms with van der Waals surface area (Å²) in [5, 5.41) is 15.8. The van der Waals surface area contributed by atoms with Crippen molar-refractivity contribution in [1.82, 2.24) is 24.7 Å². The summed E-state index contributed by atoms with van der Waals surface area (Å²) < 4.78 is 32.0. The van der Waals surface area contributed by atoms with E-state index in [0.29, 0.717) is 27.9 Å². The zero-order valence-corrected chi connectivity index (χ0v) is 19.1. The fourth-order valence-corrected chi connectivity index (χ4v) is 3.96. The first-order chi connectivity index (χ1) is 16.3. The Morgan fingerprint density at radius 2 is 1.82 bits per heavy atom. The number of para-hydroxylation sites is 1. The van der Waals surface area contributed by atoms with Crippen LogP contribution >= 0.6 is 11.8 Å². The highest BCUT2D eigenvalue weighted by molar-refractivity contribution is 7.99. The molecule has 3 N–H and O–H groups in total. The maximum atomic E-state index is 12.6. The smallest absolute Gasteiger partial charge is 0.387 e. The summed E-state index contributed by atoms with van der Waals surface area (Å²) in [6, 6.07) is 15.5. The number of nitrogens with two attached hydrogens (primary N) is 1. The van der Waals surface area contributed by atoms with E-state index in [1.165, 1.54) is 16.8 Å². The molecule has 176 valence electrons. The highest BCUT2D eigenvalue weighted by Gasteiger charge is 2.18. The molecule has 12 heteroatoms. The molecule has 0 bridgehead atoms. The number of aryl methyl sites for hydroxylation is 1. The minimum atomic E-state index is -2.90. The lowest BCUT2D eigenvalue weighted by Crippen LogP contribution is -2.17. The van der Waals surface area contributed by atoms with Crippen molar-refractivity contribution >= 4 is 23.4 Å². The number of carbonyl (C=O) groups is 1. The van der Waals surface area contributed by atoms with Crippen molar-refractivity contribution in [3.63, 3.8) is 0 Å². The van der Waals surface area contributed by atoms with Gasteiger partial charge in [0.05, 0.1) is 28.5 Å². The van der Waals surface area contributed by atoms with Gasteiger partial charge in [-0.05, 0) is 50.2 Å². The summed E-state index contributed by atoms with van der Waals surface area (Å²) in [7, 11) is 0. The average molecular weight is 486 g/mol.